The van der Waals surface area contributed by atoms with Crippen molar-refractivity contribution in [2.75, 3.05) is 6.54 Å². The zero-order valence-electron chi connectivity index (χ0n) is 11.5. The van der Waals surface area contributed by atoms with Gasteiger partial charge in [-0.25, -0.2) is 0 Å². The molecule has 0 spiro atoms. The first-order valence-electron chi connectivity index (χ1n) is 7.04. The molecule has 2 N–H and O–H groups in total. The molecule has 2 aromatic rings. The molecule has 0 amide bonds. The predicted molar refractivity (Wildman–Crippen MR) is 76.1 cm³/mol. The van der Waals surface area contributed by atoms with Gasteiger partial charge in [-0.15, -0.1) is 0 Å². The van der Waals surface area contributed by atoms with Crippen LogP contribution < -0.4 is 5.32 Å². The van der Waals surface area contributed by atoms with Crippen LogP contribution in [0.3, 0.4) is 0 Å². The van der Waals surface area contributed by atoms with Crippen LogP contribution in [0.25, 0.3) is 11.0 Å². The molecule has 0 radical (unpaired) electrons. The number of rotatable bonds is 4. The normalized spacial score (nSPS) is 24.4. The molecule has 1 saturated carbocycles. The molecule has 3 nitrogen and oxygen atoms in total. The van der Waals surface area contributed by atoms with E-state index in [0.29, 0.717) is 5.92 Å². The van der Waals surface area contributed by atoms with Crippen molar-refractivity contribution in [3.05, 3.63) is 35.6 Å². The molecular weight excluding hydrogens is 238 g/mol. The molecule has 102 valence electrons. The molecule has 1 aliphatic rings. The van der Waals surface area contributed by atoms with Gasteiger partial charge in [0.25, 0.3) is 0 Å². The third-order valence-corrected chi connectivity index (χ3v) is 4.20. The summed E-state index contributed by atoms with van der Waals surface area (Å²) in [6.45, 7) is 5.21. The highest BCUT2D eigenvalue weighted by Crippen LogP contribution is 2.30. The summed E-state index contributed by atoms with van der Waals surface area (Å²) in [6, 6.07) is 8.38. The van der Waals surface area contributed by atoms with E-state index in [2.05, 4.69) is 25.2 Å². The topological polar surface area (TPSA) is 45.4 Å². The van der Waals surface area contributed by atoms with Crippen molar-refractivity contribution in [3.8, 4) is 0 Å². The van der Waals surface area contributed by atoms with Gasteiger partial charge in [0.1, 0.15) is 11.3 Å². The molecule has 0 aliphatic heterocycles. The maximum atomic E-state index is 9.29. The Labute approximate surface area is 113 Å². The Bertz CT molecular complexity index is 569. The second kappa shape index (κ2) is 4.99. The fourth-order valence-electron chi connectivity index (χ4n) is 2.91. The van der Waals surface area contributed by atoms with Crippen LogP contribution in [0.15, 0.2) is 28.7 Å². The molecule has 3 rings (SSSR count). The van der Waals surface area contributed by atoms with E-state index in [1.807, 2.05) is 18.2 Å². The van der Waals surface area contributed by atoms with Gasteiger partial charge >= 0.3 is 0 Å². The van der Waals surface area contributed by atoms with Crippen LogP contribution in [-0.4, -0.2) is 17.8 Å². The summed E-state index contributed by atoms with van der Waals surface area (Å²) in [4.78, 5) is 0. The van der Waals surface area contributed by atoms with Crippen molar-refractivity contribution < 1.29 is 9.52 Å². The smallest absolute Gasteiger partial charge is 0.134 e. The van der Waals surface area contributed by atoms with Gasteiger partial charge in [-0.05, 0) is 50.8 Å². The van der Waals surface area contributed by atoms with Gasteiger partial charge in [-0.1, -0.05) is 18.2 Å². The third kappa shape index (κ3) is 2.40. The first-order chi connectivity index (χ1) is 9.15. The minimum absolute atomic E-state index is 0.0740. The number of hydrogen-bond acceptors (Lipinski definition) is 3. The second-order valence-electron chi connectivity index (χ2n) is 5.71. The number of benzene rings is 1. The Morgan fingerprint density at radius 1 is 1.37 bits per heavy atom. The minimum atomic E-state index is -0.0740. The molecule has 19 heavy (non-hydrogen) atoms. The van der Waals surface area contributed by atoms with Crippen LogP contribution in [0.1, 0.15) is 37.1 Å². The summed E-state index contributed by atoms with van der Waals surface area (Å²) in [5, 5.41) is 14.0. The van der Waals surface area contributed by atoms with E-state index in [9.17, 15) is 5.11 Å². The standard InChI is InChI=1S/C16H21NO2/c1-10-14-5-3-4-6-15(14)19-16(10)11(2)17-9-12-7-13(18)8-12/h3-6,11-13,17-18H,7-9H2,1-2H3. The highest BCUT2D eigenvalue weighted by molar-refractivity contribution is 5.82. The molecule has 1 fully saturated rings. The molecule has 0 saturated heterocycles. The first kappa shape index (κ1) is 12.7. The van der Waals surface area contributed by atoms with Crippen LogP contribution in [0.5, 0.6) is 0 Å². The fourth-order valence-corrected chi connectivity index (χ4v) is 2.91. The summed E-state index contributed by atoms with van der Waals surface area (Å²) in [7, 11) is 0. The quantitative estimate of drug-likeness (QED) is 0.886. The van der Waals surface area contributed by atoms with E-state index < -0.39 is 0 Å². The molecule has 0 bridgehead atoms. The number of fused-ring (bicyclic) bond motifs is 1. The minimum Gasteiger partial charge on any atom is -0.459 e. The predicted octanol–water partition coefficient (Wildman–Crippen LogP) is 3.16. The number of nitrogens with one attached hydrogen (secondary N) is 1. The summed E-state index contributed by atoms with van der Waals surface area (Å²) in [5.74, 6) is 1.64. The highest BCUT2D eigenvalue weighted by atomic mass is 16.3. The molecule has 1 aromatic heterocycles. The maximum Gasteiger partial charge on any atom is 0.134 e. The van der Waals surface area contributed by atoms with Crippen LogP contribution in [-0.2, 0) is 0 Å². The summed E-state index contributed by atoms with van der Waals surface area (Å²) in [5.41, 5.74) is 2.19. The van der Waals surface area contributed by atoms with Crippen LogP contribution >= 0.6 is 0 Å². The highest BCUT2D eigenvalue weighted by Gasteiger charge is 2.27. The summed E-state index contributed by atoms with van der Waals surface area (Å²) < 4.78 is 5.95. The Hall–Kier alpha value is -1.32. The molecule has 1 heterocycles. The molecule has 1 unspecified atom stereocenters. The molecule has 1 aliphatic carbocycles. The lowest BCUT2D eigenvalue weighted by Gasteiger charge is -2.32. The second-order valence-corrected chi connectivity index (χ2v) is 5.71. The molecule has 3 heteroatoms. The Morgan fingerprint density at radius 2 is 2.11 bits per heavy atom. The van der Waals surface area contributed by atoms with E-state index in [0.717, 1.165) is 30.7 Å². The molecular formula is C16H21NO2. The maximum absolute atomic E-state index is 9.29. The number of para-hydroxylation sites is 1. The van der Waals surface area contributed by atoms with Gasteiger partial charge in [-0.2, -0.15) is 0 Å². The van der Waals surface area contributed by atoms with Crippen molar-refractivity contribution in [1.29, 1.82) is 0 Å². The van der Waals surface area contributed by atoms with Crippen LogP contribution in [0, 0.1) is 12.8 Å². The van der Waals surface area contributed by atoms with Crippen molar-refractivity contribution >= 4 is 11.0 Å². The SMILES string of the molecule is Cc1c(C(C)NCC2CC(O)C2)oc2ccccc12. The largest absolute Gasteiger partial charge is 0.459 e. The lowest BCUT2D eigenvalue weighted by molar-refractivity contribution is 0.0418. The summed E-state index contributed by atoms with van der Waals surface area (Å²) in [6.07, 6.45) is 1.78. The van der Waals surface area contributed by atoms with Gasteiger partial charge in [0, 0.05) is 5.39 Å². The van der Waals surface area contributed by atoms with Crippen LogP contribution in [0.2, 0.25) is 0 Å². The fraction of sp³-hybridized carbons (Fsp3) is 0.500. The number of aliphatic hydroxyl groups is 1. The zero-order chi connectivity index (χ0) is 13.4. The number of aliphatic hydroxyl groups excluding tert-OH is 1. The average molecular weight is 259 g/mol. The zero-order valence-corrected chi connectivity index (χ0v) is 11.5. The van der Waals surface area contributed by atoms with Gasteiger partial charge in [-0.3, -0.25) is 0 Å². The van der Waals surface area contributed by atoms with Crippen molar-refractivity contribution in [3.63, 3.8) is 0 Å². The van der Waals surface area contributed by atoms with E-state index in [-0.39, 0.29) is 12.1 Å². The Balaban J connectivity index is 1.70. The average Bonchev–Trinajstić information content (AvgIpc) is 2.71. The third-order valence-electron chi connectivity index (χ3n) is 4.20. The molecule has 1 atom stereocenters. The van der Waals surface area contributed by atoms with Gasteiger partial charge in [0.15, 0.2) is 0 Å². The van der Waals surface area contributed by atoms with E-state index in [1.165, 1.54) is 10.9 Å². The Morgan fingerprint density at radius 3 is 2.79 bits per heavy atom. The Kier molecular flexibility index (Phi) is 3.33. The van der Waals surface area contributed by atoms with Crippen molar-refractivity contribution in [2.24, 2.45) is 5.92 Å². The summed E-state index contributed by atoms with van der Waals surface area (Å²) >= 11 is 0. The van der Waals surface area contributed by atoms with Crippen molar-refractivity contribution in [1.82, 2.24) is 5.32 Å². The number of aryl methyl sites for hydroxylation is 1. The number of hydrogen-bond donors (Lipinski definition) is 2. The van der Waals surface area contributed by atoms with E-state index >= 15 is 0 Å². The van der Waals surface area contributed by atoms with Crippen molar-refractivity contribution in [2.45, 2.75) is 38.8 Å². The van der Waals surface area contributed by atoms with Gasteiger partial charge < -0.3 is 14.8 Å². The van der Waals surface area contributed by atoms with Crippen LogP contribution in [0.4, 0.5) is 0 Å². The van der Waals surface area contributed by atoms with Gasteiger partial charge in [0.2, 0.25) is 0 Å². The lowest BCUT2D eigenvalue weighted by atomic mass is 9.82. The van der Waals surface area contributed by atoms with E-state index in [4.69, 9.17) is 4.42 Å². The number of furan rings is 1. The lowest BCUT2D eigenvalue weighted by Crippen LogP contribution is -2.37. The van der Waals surface area contributed by atoms with Gasteiger partial charge in [0.05, 0.1) is 12.1 Å². The van der Waals surface area contributed by atoms with E-state index in [1.54, 1.807) is 0 Å². The molecule has 1 aromatic carbocycles. The first-order valence-corrected chi connectivity index (χ1v) is 7.04. The monoisotopic (exact) mass is 259 g/mol.